The fraction of sp³-hybridized carbons (Fsp3) is 0.273. The van der Waals surface area contributed by atoms with Crippen molar-refractivity contribution in [2.24, 2.45) is 0 Å². The standard InChI is InChI=1S/C11H13NO3S/c13-7-6-9(12-11(14)15)8-16-10-4-2-1-3-5-10/h1-5,7,9,12H,6,8H2,(H,14,15). The van der Waals surface area contributed by atoms with Gasteiger partial charge in [0.2, 0.25) is 0 Å². The molecule has 4 nitrogen and oxygen atoms in total. The Balaban J connectivity index is 2.43. The number of aldehydes is 1. The van der Waals surface area contributed by atoms with Crippen molar-refractivity contribution in [1.82, 2.24) is 5.32 Å². The highest BCUT2D eigenvalue weighted by Gasteiger charge is 2.11. The molecule has 0 saturated carbocycles. The van der Waals surface area contributed by atoms with Crippen LogP contribution in [0.15, 0.2) is 35.2 Å². The van der Waals surface area contributed by atoms with Crippen molar-refractivity contribution in [2.75, 3.05) is 5.75 Å². The van der Waals surface area contributed by atoms with Crippen LogP contribution in [0.5, 0.6) is 0 Å². The molecule has 16 heavy (non-hydrogen) atoms. The minimum atomic E-state index is -1.10. The van der Waals surface area contributed by atoms with Gasteiger partial charge < -0.3 is 15.2 Å². The number of rotatable bonds is 6. The topological polar surface area (TPSA) is 66.4 Å². The number of thioether (sulfide) groups is 1. The Kier molecular flexibility index (Phi) is 5.42. The van der Waals surface area contributed by atoms with Crippen LogP contribution in [-0.4, -0.2) is 29.3 Å². The number of carboxylic acid groups (broad SMARTS) is 1. The third kappa shape index (κ3) is 4.84. The van der Waals surface area contributed by atoms with Crippen LogP contribution in [-0.2, 0) is 4.79 Å². The molecule has 86 valence electrons. The number of benzene rings is 1. The molecule has 2 N–H and O–H groups in total. The van der Waals surface area contributed by atoms with Crippen molar-refractivity contribution in [3.8, 4) is 0 Å². The first-order valence-electron chi connectivity index (χ1n) is 4.83. The molecule has 0 heterocycles. The Hall–Kier alpha value is -1.49. The molecule has 0 aliphatic rings. The molecule has 0 spiro atoms. The van der Waals surface area contributed by atoms with Gasteiger partial charge in [-0.1, -0.05) is 18.2 Å². The summed E-state index contributed by atoms with van der Waals surface area (Å²) in [5, 5.41) is 10.9. The molecule has 0 bridgehead atoms. The number of carbonyl (C=O) groups is 2. The average molecular weight is 239 g/mol. The van der Waals surface area contributed by atoms with E-state index in [0.29, 0.717) is 5.75 Å². The van der Waals surface area contributed by atoms with Gasteiger partial charge in [-0.15, -0.1) is 11.8 Å². The molecule has 1 rings (SSSR count). The van der Waals surface area contributed by atoms with E-state index >= 15 is 0 Å². The second-order valence-corrected chi connectivity index (χ2v) is 4.27. The molecule has 1 unspecified atom stereocenters. The lowest BCUT2D eigenvalue weighted by molar-refractivity contribution is -0.108. The van der Waals surface area contributed by atoms with Gasteiger partial charge >= 0.3 is 6.09 Å². The first kappa shape index (κ1) is 12.6. The molecule has 0 aromatic heterocycles. The molecule has 0 aliphatic carbocycles. The Morgan fingerprint density at radius 1 is 1.44 bits per heavy atom. The molecule has 1 aromatic carbocycles. The van der Waals surface area contributed by atoms with Crippen molar-refractivity contribution in [3.05, 3.63) is 30.3 Å². The van der Waals surface area contributed by atoms with Crippen LogP contribution < -0.4 is 5.32 Å². The van der Waals surface area contributed by atoms with E-state index in [1.165, 1.54) is 11.8 Å². The van der Waals surface area contributed by atoms with E-state index < -0.39 is 6.09 Å². The fourth-order valence-corrected chi connectivity index (χ4v) is 2.14. The first-order chi connectivity index (χ1) is 7.72. The van der Waals surface area contributed by atoms with Crippen LogP contribution in [0.4, 0.5) is 4.79 Å². The first-order valence-corrected chi connectivity index (χ1v) is 5.82. The normalized spacial score (nSPS) is 11.8. The number of carbonyl (C=O) groups excluding carboxylic acids is 1. The molecule has 0 radical (unpaired) electrons. The maximum atomic E-state index is 10.5. The highest BCUT2D eigenvalue weighted by molar-refractivity contribution is 7.99. The van der Waals surface area contributed by atoms with E-state index in [0.717, 1.165) is 11.2 Å². The molecule has 5 heteroatoms. The van der Waals surface area contributed by atoms with Gasteiger partial charge in [-0.05, 0) is 12.1 Å². The summed E-state index contributed by atoms with van der Waals surface area (Å²) in [7, 11) is 0. The predicted molar refractivity (Wildman–Crippen MR) is 62.8 cm³/mol. The highest BCUT2D eigenvalue weighted by Crippen LogP contribution is 2.18. The summed E-state index contributed by atoms with van der Waals surface area (Å²) in [5.41, 5.74) is 0. The summed E-state index contributed by atoms with van der Waals surface area (Å²) >= 11 is 1.53. The van der Waals surface area contributed by atoms with Crippen LogP contribution >= 0.6 is 11.8 Å². The number of amides is 1. The molecule has 1 atom stereocenters. The van der Waals surface area contributed by atoms with Crippen molar-refractivity contribution < 1.29 is 14.7 Å². The van der Waals surface area contributed by atoms with E-state index in [2.05, 4.69) is 5.32 Å². The Morgan fingerprint density at radius 2 is 2.12 bits per heavy atom. The van der Waals surface area contributed by atoms with Crippen molar-refractivity contribution >= 4 is 24.1 Å². The number of hydrogen-bond acceptors (Lipinski definition) is 3. The van der Waals surface area contributed by atoms with E-state index in [-0.39, 0.29) is 12.5 Å². The van der Waals surface area contributed by atoms with Gasteiger partial charge in [0.1, 0.15) is 6.29 Å². The highest BCUT2D eigenvalue weighted by atomic mass is 32.2. The molecule has 1 amide bonds. The smallest absolute Gasteiger partial charge is 0.404 e. The van der Waals surface area contributed by atoms with Crippen LogP contribution in [0, 0.1) is 0 Å². The lowest BCUT2D eigenvalue weighted by Gasteiger charge is -2.13. The monoisotopic (exact) mass is 239 g/mol. The Morgan fingerprint density at radius 3 is 2.69 bits per heavy atom. The van der Waals surface area contributed by atoms with Gasteiger partial charge in [-0.25, -0.2) is 4.79 Å². The summed E-state index contributed by atoms with van der Waals surface area (Å²) in [6.07, 6.45) is -0.168. The molecular weight excluding hydrogens is 226 g/mol. The van der Waals surface area contributed by atoms with Crippen molar-refractivity contribution in [3.63, 3.8) is 0 Å². The van der Waals surface area contributed by atoms with E-state index in [1.54, 1.807) is 0 Å². The second-order valence-electron chi connectivity index (χ2n) is 3.17. The molecule has 1 aromatic rings. The summed E-state index contributed by atoms with van der Waals surface area (Å²) in [6, 6.07) is 9.32. The van der Waals surface area contributed by atoms with Crippen LogP contribution in [0.1, 0.15) is 6.42 Å². The molecule has 0 saturated heterocycles. The van der Waals surface area contributed by atoms with E-state index in [4.69, 9.17) is 5.11 Å². The minimum absolute atomic E-state index is 0.201. The zero-order chi connectivity index (χ0) is 11.8. The molecule has 0 fully saturated rings. The zero-order valence-corrected chi connectivity index (χ0v) is 9.44. The van der Waals surface area contributed by atoms with E-state index in [9.17, 15) is 9.59 Å². The number of nitrogens with one attached hydrogen (secondary N) is 1. The summed E-state index contributed by atoms with van der Waals surface area (Å²) in [4.78, 5) is 21.9. The molecular formula is C11H13NO3S. The molecule has 0 aliphatic heterocycles. The average Bonchev–Trinajstić information content (AvgIpc) is 2.27. The van der Waals surface area contributed by atoms with Gasteiger partial charge in [0.15, 0.2) is 0 Å². The lowest BCUT2D eigenvalue weighted by atomic mass is 10.2. The minimum Gasteiger partial charge on any atom is -0.465 e. The Labute approximate surface area is 98.0 Å². The third-order valence-electron chi connectivity index (χ3n) is 1.90. The van der Waals surface area contributed by atoms with Gasteiger partial charge in [-0.3, -0.25) is 0 Å². The summed E-state index contributed by atoms with van der Waals surface area (Å²) in [5.74, 6) is 0.551. The largest absolute Gasteiger partial charge is 0.465 e. The van der Waals surface area contributed by atoms with Crippen LogP contribution in [0.2, 0.25) is 0 Å². The summed E-state index contributed by atoms with van der Waals surface area (Å²) in [6.45, 7) is 0. The van der Waals surface area contributed by atoms with Crippen molar-refractivity contribution in [2.45, 2.75) is 17.4 Å². The zero-order valence-electron chi connectivity index (χ0n) is 8.63. The lowest BCUT2D eigenvalue weighted by Crippen LogP contribution is -2.35. The second kappa shape index (κ2) is 6.90. The van der Waals surface area contributed by atoms with E-state index in [1.807, 2.05) is 30.3 Å². The summed E-state index contributed by atoms with van der Waals surface area (Å²) < 4.78 is 0. The van der Waals surface area contributed by atoms with Crippen LogP contribution in [0.3, 0.4) is 0 Å². The maximum absolute atomic E-state index is 10.5. The quantitative estimate of drug-likeness (QED) is 0.588. The van der Waals surface area contributed by atoms with Crippen LogP contribution in [0.25, 0.3) is 0 Å². The third-order valence-corrected chi connectivity index (χ3v) is 3.08. The van der Waals surface area contributed by atoms with Gasteiger partial charge in [0, 0.05) is 23.1 Å². The van der Waals surface area contributed by atoms with Crippen molar-refractivity contribution in [1.29, 1.82) is 0 Å². The van der Waals surface area contributed by atoms with Gasteiger partial charge in [-0.2, -0.15) is 0 Å². The SMILES string of the molecule is O=CCC(CSc1ccccc1)NC(=O)O. The van der Waals surface area contributed by atoms with Gasteiger partial charge in [0.05, 0.1) is 0 Å². The van der Waals surface area contributed by atoms with Gasteiger partial charge in [0.25, 0.3) is 0 Å². The predicted octanol–water partition coefficient (Wildman–Crippen LogP) is 2.00. The number of hydrogen-bond donors (Lipinski definition) is 2. The maximum Gasteiger partial charge on any atom is 0.404 e. The fourth-order valence-electron chi connectivity index (χ4n) is 1.17. The Bertz CT molecular complexity index is 342.